The van der Waals surface area contributed by atoms with Gasteiger partial charge in [-0.1, -0.05) is 109 Å². The molecule has 2 fully saturated rings. The van der Waals surface area contributed by atoms with Gasteiger partial charge in [0.25, 0.3) is 11.8 Å². The lowest BCUT2D eigenvalue weighted by atomic mass is 9.98. The Morgan fingerprint density at radius 3 is 1.30 bits per heavy atom. The predicted molar refractivity (Wildman–Crippen MR) is 172 cm³/mol. The summed E-state index contributed by atoms with van der Waals surface area (Å²) >= 11 is 0. The van der Waals surface area contributed by atoms with Crippen LogP contribution in [0.25, 0.3) is 0 Å². The molecule has 8 nitrogen and oxygen atoms in total. The number of carbonyl (C=O) groups is 2. The fourth-order valence-corrected chi connectivity index (χ4v) is 6.69. The highest BCUT2D eigenvalue weighted by atomic mass is 16.6. The second-order valence-corrected chi connectivity index (χ2v) is 12.7. The monoisotopic (exact) mass is 618 g/mol. The van der Waals surface area contributed by atoms with Crippen LogP contribution >= 0.6 is 0 Å². The van der Waals surface area contributed by atoms with E-state index in [4.69, 9.17) is 9.47 Å². The summed E-state index contributed by atoms with van der Waals surface area (Å²) in [5, 5.41) is 26.5. The summed E-state index contributed by atoms with van der Waals surface area (Å²) in [6.07, 6.45) is 1.11. The summed E-state index contributed by atoms with van der Waals surface area (Å²) < 4.78 is 11.0. The Kier molecular flexibility index (Phi) is 8.21. The van der Waals surface area contributed by atoms with Crippen molar-refractivity contribution in [2.45, 2.75) is 61.2 Å². The molecule has 8 heteroatoms. The van der Waals surface area contributed by atoms with Crippen molar-refractivity contribution in [3.8, 4) is 0 Å². The van der Waals surface area contributed by atoms with Gasteiger partial charge in [-0.05, 0) is 33.4 Å². The maximum Gasteiger partial charge on any atom is 0.255 e. The lowest BCUT2D eigenvalue weighted by molar-refractivity contribution is -0.128. The number of ether oxygens (including phenoxy) is 2. The van der Waals surface area contributed by atoms with E-state index in [1.165, 1.54) is 0 Å². The molecule has 0 unspecified atom stereocenters. The summed E-state index contributed by atoms with van der Waals surface area (Å²) in [5.41, 5.74) is 4.79. The highest BCUT2D eigenvalue weighted by Gasteiger charge is 2.54. The van der Waals surface area contributed by atoms with Crippen molar-refractivity contribution in [2.75, 3.05) is 13.2 Å². The van der Waals surface area contributed by atoms with Gasteiger partial charge in [-0.3, -0.25) is 9.59 Å². The summed E-state index contributed by atoms with van der Waals surface area (Å²) in [6, 6.07) is 34.7. The molecule has 2 heterocycles. The van der Waals surface area contributed by atoms with Crippen molar-refractivity contribution in [2.24, 2.45) is 0 Å². The second kappa shape index (κ2) is 12.5. The highest BCUT2D eigenvalue weighted by molar-refractivity contribution is 5.89. The fourth-order valence-electron chi connectivity index (χ4n) is 6.69. The third-order valence-electron chi connectivity index (χ3n) is 9.46. The second-order valence-electron chi connectivity index (χ2n) is 12.7. The van der Waals surface area contributed by atoms with E-state index in [-0.39, 0.29) is 23.9 Å². The quantitative estimate of drug-likeness (QED) is 0.224. The summed E-state index contributed by atoms with van der Waals surface area (Å²) in [7, 11) is 0. The molecule has 236 valence electrons. The van der Waals surface area contributed by atoms with E-state index in [1.54, 1.807) is 0 Å². The van der Waals surface area contributed by atoms with Gasteiger partial charge in [0.15, 0.2) is 11.2 Å². The Bertz CT molecular complexity index is 1580. The van der Waals surface area contributed by atoms with Gasteiger partial charge < -0.3 is 30.3 Å². The lowest BCUT2D eigenvalue weighted by Crippen LogP contribution is -2.43. The number of epoxide rings is 2. The number of benzene rings is 4. The minimum Gasteiger partial charge on any atom is -0.390 e. The van der Waals surface area contributed by atoms with Gasteiger partial charge in [-0.15, -0.1) is 0 Å². The van der Waals surface area contributed by atoms with Gasteiger partial charge in [-0.2, -0.15) is 0 Å². The molecule has 2 aliphatic heterocycles. The maximum atomic E-state index is 12.7. The van der Waals surface area contributed by atoms with Crippen LogP contribution in [0.5, 0.6) is 0 Å². The number of rotatable bonds is 8. The first-order valence-corrected chi connectivity index (χ1v) is 15.9. The Morgan fingerprint density at radius 1 is 0.587 bits per heavy atom. The summed E-state index contributed by atoms with van der Waals surface area (Å²) in [4.78, 5) is 25.4. The Labute approximate surface area is 268 Å². The normalized spacial score (nSPS) is 28.2. The zero-order valence-electron chi connectivity index (χ0n) is 25.5. The Hall–Kier alpha value is -4.34. The average molecular weight is 619 g/mol. The first kappa shape index (κ1) is 30.3. The maximum absolute atomic E-state index is 12.7. The van der Waals surface area contributed by atoms with E-state index in [2.05, 4.69) is 10.6 Å². The topological polar surface area (TPSA) is 124 Å². The number of hydrogen-bond donors (Lipinski definition) is 4. The fraction of sp³-hybridized carbons (Fsp3) is 0.316. The highest BCUT2D eigenvalue weighted by Crippen LogP contribution is 2.37. The molecule has 2 saturated heterocycles. The average Bonchev–Trinajstić information content (AvgIpc) is 3.99. The Morgan fingerprint density at radius 2 is 0.935 bits per heavy atom. The first-order chi connectivity index (χ1) is 22.4. The number of fused-ring (bicyclic) bond motifs is 2. The van der Waals surface area contributed by atoms with Crippen molar-refractivity contribution in [3.05, 3.63) is 143 Å². The molecule has 46 heavy (non-hydrogen) atoms. The van der Waals surface area contributed by atoms with Crippen molar-refractivity contribution in [3.63, 3.8) is 0 Å². The third kappa shape index (κ3) is 6.22. The first-order valence-electron chi connectivity index (χ1n) is 15.9. The van der Waals surface area contributed by atoms with E-state index >= 15 is 0 Å². The minimum absolute atomic E-state index is 0.137. The van der Waals surface area contributed by atoms with Crippen molar-refractivity contribution < 1.29 is 29.3 Å². The molecule has 8 rings (SSSR count). The van der Waals surface area contributed by atoms with Crippen LogP contribution in [0.1, 0.15) is 45.5 Å². The van der Waals surface area contributed by atoms with E-state index in [9.17, 15) is 19.8 Å². The molecule has 0 radical (unpaired) electrons. The van der Waals surface area contributed by atoms with Crippen LogP contribution in [-0.4, -0.2) is 58.7 Å². The van der Waals surface area contributed by atoms with Crippen LogP contribution in [0.4, 0.5) is 0 Å². The van der Waals surface area contributed by atoms with Crippen molar-refractivity contribution in [1.29, 1.82) is 0 Å². The van der Waals surface area contributed by atoms with Gasteiger partial charge in [0, 0.05) is 25.7 Å². The van der Waals surface area contributed by atoms with E-state index in [0.29, 0.717) is 38.9 Å². The molecular weight excluding hydrogens is 580 g/mol. The molecule has 4 aliphatic rings. The molecule has 2 amide bonds. The van der Waals surface area contributed by atoms with Crippen LogP contribution in [0, 0.1) is 0 Å². The third-order valence-corrected chi connectivity index (χ3v) is 9.46. The summed E-state index contributed by atoms with van der Waals surface area (Å²) in [5.74, 6) is -0.274. The Balaban J connectivity index is 0.000000147. The van der Waals surface area contributed by atoms with Gasteiger partial charge in [-0.25, -0.2) is 0 Å². The van der Waals surface area contributed by atoms with Crippen LogP contribution in [0.15, 0.2) is 109 Å². The molecule has 4 N–H and O–H groups in total. The predicted octanol–water partition coefficient (Wildman–Crippen LogP) is 3.55. The van der Waals surface area contributed by atoms with E-state index < -0.39 is 23.4 Å². The van der Waals surface area contributed by atoms with Gasteiger partial charge in [0.05, 0.1) is 37.5 Å². The van der Waals surface area contributed by atoms with Gasteiger partial charge >= 0.3 is 0 Å². The molecule has 2 aliphatic carbocycles. The number of carbonyl (C=O) groups excluding carboxylic acids is 2. The molecule has 0 aromatic heterocycles. The number of aliphatic hydroxyl groups is 2. The number of aliphatic hydroxyl groups excluding tert-OH is 2. The zero-order chi connectivity index (χ0) is 31.7. The van der Waals surface area contributed by atoms with Gasteiger partial charge in [0.1, 0.15) is 0 Å². The minimum atomic E-state index is -0.779. The van der Waals surface area contributed by atoms with E-state index in [0.717, 1.165) is 33.4 Å². The lowest BCUT2D eigenvalue weighted by Gasteiger charge is -2.21. The molecule has 4 aromatic rings. The largest absolute Gasteiger partial charge is 0.390 e. The SMILES string of the molecule is O=C(N[C@H]1c2ccccc2C[C@H]1O)[C@@]1(Cc2ccccc2)CO1.O=C(N[C@H]1c2ccccc2C[C@H]1O)[C@]1(Cc2ccccc2)CO1. The van der Waals surface area contributed by atoms with Crippen molar-refractivity contribution >= 4 is 11.8 Å². The van der Waals surface area contributed by atoms with E-state index in [1.807, 2.05) is 109 Å². The van der Waals surface area contributed by atoms with Gasteiger partial charge in [0.2, 0.25) is 0 Å². The van der Waals surface area contributed by atoms with Crippen LogP contribution in [0.3, 0.4) is 0 Å². The van der Waals surface area contributed by atoms with Crippen LogP contribution in [-0.2, 0) is 44.7 Å². The molecule has 6 atom stereocenters. The zero-order valence-corrected chi connectivity index (χ0v) is 25.5. The van der Waals surface area contributed by atoms with Crippen molar-refractivity contribution in [1.82, 2.24) is 10.6 Å². The molecule has 0 spiro atoms. The number of hydrogen-bond acceptors (Lipinski definition) is 6. The molecular formula is C38H38N2O6. The van der Waals surface area contributed by atoms with Crippen LogP contribution in [0.2, 0.25) is 0 Å². The molecule has 0 bridgehead atoms. The summed E-state index contributed by atoms with van der Waals surface area (Å²) in [6.45, 7) is 0.858. The standard InChI is InChI=1S/2C19H19NO3/c2*21-16-10-14-8-4-5-9-15(14)17(16)20-18(22)19(12-23-19)11-13-6-2-1-3-7-13/h2*1-9,16-17,21H,10-12H2,(H,20,22)/t16-,17+,19+;16-,17+,19-/m11/s1. The smallest absolute Gasteiger partial charge is 0.255 e. The molecule has 0 saturated carbocycles. The molecule has 4 aromatic carbocycles. The van der Waals surface area contributed by atoms with Crippen LogP contribution < -0.4 is 10.6 Å². The number of nitrogens with one attached hydrogen (secondary N) is 2. The number of amides is 2.